The van der Waals surface area contributed by atoms with Crippen molar-refractivity contribution in [2.75, 3.05) is 7.05 Å². The van der Waals surface area contributed by atoms with Crippen LogP contribution in [-0.4, -0.2) is 22.4 Å². The van der Waals surface area contributed by atoms with E-state index in [9.17, 15) is 4.79 Å². The van der Waals surface area contributed by atoms with Crippen molar-refractivity contribution in [2.45, 2.75) is 0 Å². The van der Waals surface area contributed by atoms with Crippen molar-refractivity contribution in [3.05, 3.63) is 49.6 Å². The molecule has 1 aromatic carbocycles. The highest BCUT2D eigenvalue weighted by Gasteiger charge is 2.16. The molecule has 2 aromatic rings. The molecule has 19 heavy (non-hydrogen) atoms. The van der Waals surface area contributed by atoms with E-state index in [2.05, 4.69) is 4.99 Å². The van der Waals surface area contributed by atoms with Gasteiger partial charge >= 0.3 is 5.69 Å². The van der Waals surface area contributed by atoms with E-state index < -0.39 is 0 Å². The molecule has 1 heterocycles. The number of benzene rings is 1. The van der Waals surface area contributed by atoms with E-state index in [1.165, 1.54) is 15.3 Å². The smallest absolute Gasteiger partial charge is 0.294 e. The van der Waals surface area contributed by atoms with Gasteiger partial charge in [0.05, 0.1) is 21.4 Å². The summed E-state index contributed by atoms with van der Waals surface area (Å²) in [5.74, 6) is 0. The maximum absolute atomic E-state index is 12.2. The lowest BCUT2D eigenvalue weighted by Crippen LogP contribution is -2.21. The van der Waals surface area contributed by atoms with Crippen molar-refractivity contribution in [3.63, 3.8) is 0 Å². The Hall–Kier alpha value is -1.23. The summed E-state index contributed by atoms with van der Waals surface area (Å²) in [4.78, 5) is 16.1. The molecule has 0 atom stereocenters. The van der Waals surface area contributed by atoms with Crippen molar-refractivity contribution in [1.82, 2.24) is 9.13 Å². The fourth-order valence-corrected chi connectivity index (χ4v) is 2.34. The van der Waals surface area contributed by atoms with E-state index in [0.717, 1.165) is 0 Å². The number of hydrogen-bond acceptors (Lipinski definition) is 2. The molecule has 0 radical (unpaired) electrons. The second-order valence-electron chi connectivity index (χ2n) is 3.84. The number of imidazole rings is 1. The summed E-state index contributed by atoms with van der Waals surface area (Å²) >= 11 is 18.0. The predicted octanol–water partition coefficient (Wildman–Crippen LogP) is 3.18. The molecule has 0 saturated carbocycles. The number of aromatic nitrogens is 2. The second-order valence-corrected chi connectivity index (χ2v) is 5.01. The molecule has 100 valence electrons. The van der Waals surface area contributed by atoms with Crippen molar-refractivity contribution >= 4 is 41.0 Å². The van der Waals surface area contributed by atoms with Crippen LogP contribution in [-0.2, 0) is 7.05 Å². The van der Waals surface area contributed by atoms with Gasteiger partial charge in [-0.2, -0.15) is 0 Å². The molecule has 0 aliphatic rings. The van der Waals surface area contributed by atoms with Gasteiger partial charge in [-0.15, -0.1) is 0 Å². The van der Waals surface area contributed by atoms with Gasteiger partial charge in [0.25, 0.3) is 0 Å². The Morgan fingerprint density at radius 3 is 2.47 bits per heavy atom. The lowest BCUT2D eigenvalue weighted by molar-refractivity contribution is 0.820. The zero-order chi connectivity index (χ0) is 14.2. The van der Waals surface area contributed by atoms with E-state index in [-0.39, 0.29) is 10.8 Å². The van der Waals surface area contributed by atoms with Gasteiger partial charge in [0.15, 0.2) is 0 Å². The SMILES string of the molecule is CN=Cc1c(Cl)n(-c2ccc(Cl)c(Cl)c2)c(=O)n1C. The van der Waals surface area contributed by atoms with Gasteiger partial charge in [-0.3, -0.25) is 14.1 Å². The molecule has 0 unspecified atom stereocenters. The van der Waals surface area contributed by atoms with E-state index in [1.54, 1.807) is 32.3 Å². The van der Waals surface area contributed by atoms with Gasteiger partial charge in [-0.05, 0) is 18.2 Å². The molecule has 0 spiro atoms. The minimum Gasteiger partial charge on any atom is -0.294 e. The molecule has 4 nitrogen and oxygen atoms in total. The standard InChI is InChI=1S/C12H10Cl3N3O/c1-16-6-10-11(15)18(12(19)17(10)2)7-3-4-8(13)9(14)5-7/h3-6H,1-2H3. The van der Waals surface area contributed by atoms with Crippen LogP contribution in [0.1, 0.15) is 5.69 Å². The first-order valence-corrected chi connectivity index (χ1v) is 6.45. The Labute approximate surface area is 124 Å². The molecule has 0 aliphatic heterocycles. The highest BCUT2D eigenvalue weighted by molar-refractivity contribution is 6.42. The summed E-state index contributed by atoms with van der Waals surface area (Å²) in [6, 6.07) is 4.88. The minimum atomic E-state index is -0.279. The topological polar surface area (TPSA) is 39.3 Å². The lowest BCUT2D eigenvalue weighted by Gasteiger charge is -2.04. The van der Waals surface area contributed by atoms with Gasteiger partial charge in [-0.1, -0.05) is 34.8 Å². The Bertz CT molecular complexity index is 716. The van der Waals surface area contributed by atoms with E-state index in [1.807, 2.05) is 0 Å². The number of hydrogen-bond donors (Lipinski definition) is 0. The molecular formula is C12H10Cl3N3O. The predicted molar refractivity (Wildman–Crippen MR) is 79.6 cm³/mol. The Balaban J connectivity index is 2.72. The van der Waals surface area contributed by atoms with Crippen molar-refractivity contribution in [3.8, 4) is 5.69 Å². The molecule has 0 fully saturated rings. The average molecular weight is 319 g/mol. The molecule has 0 saturated heterocycles. The van der Waals surface area contributed by atoms with Crippen LogP contribution in [0.3, 0.4) is 0 Å². The zero-order valence-electron chi connectivity index (χ0n) is 10.2. The third-order valence-electron chi connectivity index (χ3n) is 2.66. The van der Waals surface area contributed by atoms with Crippen molar-refractivity contribution in [2.24, 2.45) is 12.0 Å². The van der Waals surface area contributed by atoms with Gasteiger partial charge < -0.3 is 0 Å². The number of rotatable bonds is 2. The van der Waals surface area contributed by atoms with Gasteiger partial charge in [-0.25, -0.2) is 4.79 Å². The van der Waals surface area contributed by atoms with Gasteiger partial charge in [0.2, 0.25) is 0 Å². The van der Waals surface area contributed by atoms with E-state index in [0.29, 0.717) is 21.4 Å². The molecule has 0 amide bonds. The van der Waals surface area contributed by atoms with Crippen LogP contribution in [0, 0.1) is 0 Å². The van der Waals surface area contributed by atoms with Crippen molar-refractivity contribution < 1.29 is 0 Å². The third-order valence-corrected chi connectivity index (χ3v) is 3.76. The summed E-state index contributed by atoms with van der Waals surface area (Å²) in [5, 5.41) is 1.05. The number of halogens is 3. The average Bonchev–Trinajstić information content (AvgIpc) is 2.58. The van der Waals surface area contributed by atoms with E-state index >= 15 is 0 Å². The third kappa shape index (κ3) is 2.43. The van der Waals surface area contributed by atoms with Crippen LogP contribution in [0.5, 0.6) is 0 Å². The first-order chi connectivity index (χ1) is 8.97. The lowest BCUT2D eigenvalue weighted by atomic mass is 10.3. The zero-order valence-corrected chi connectivity index (χ0v) is 12.5. The van der Waals surface area contributed by atoms with Crippen molar-refractivity contribution in [1.29, 1.82) is 0 Å². The molecule has 1 aromatic heterocycles. The van der Waals surface area contributed by atoms with E-state index in [4.69, 9.17) is 34.8 Å². The van der Waals surface area contributed by atoms with Crippen LogP contribution in [0.25, 0.3) is 5.69 Å². The van der Waals surface area contributed by atoms with Crippen LogP contribution < -0.4 is 5.69 Å². The molecule has 0 N–H and O–H groups in total. The van der Waals surface area contributed by atoms with Crippen LogP contribution in [0.4, 0.5) is 0 Å². The summed E-state index contributed by atoms with van der Waals surface area (Å²) in [5.41, 5.74) is 0.800. The summed E-state index contributed by atoms with van der Waals surface area (Å²) in [6.45, 7) is 0. The summed E-state index contributed by atoms with van der Waals surface area (Å²) in [7, 11) is 3.23. The number of aliphatic imine (C=N–C) groups is 1. The highest BCUT2D eigenvalue weighted by atomic mass is 35.5. The molecule has 0 aliphatic carbocycles. The second kappa shape index (κ2) is 5.41. The van der Waals surface area contributed by atoms with Crippen LogP contribution in [0.15, 0.2) is 28.0 Å². The summed E-state index contributed by atoms with van der Waals surface area (Å²) < 4.78 is 2.76. The normalized spacial score (nSPS) is 11.4. The monoisotopic (exact) mass is 317 g/mol. The molecular weight excluding hydrogens is 309 g/mol. The quantitative estimate of drug-likeness (QED) is 0.784. The van der Waals surface area contributed by atoms with Crippen LogP contribution in [0.2, 0.25) is 15.2 Å². The van der Waals surface area contributed by atoms with Gasteiger partial charge in [0.1, 0.15) is 5.15 Å². The van der Waals surface area contributed by atoms with Crippen LogP contribution >= 0.6 is 34.8 Å². The number of nitrogens with zero attached hydrogens (tertiary/aromatic N) is 3. The maximum Gasteiger partial charge on any atom is 0.334 e. The fraction of sp³-hybridized carbons (Fsp3) is 0.167. The molecule has 7 heteroatoms. The Kier molecular flexibility index (Phi) is 4.04. The first-order valence-electron chi connectivity index (χ1n) is 5.32. The molecule has 0 bridgehead atoms. The fourth-order valence-electron chi connectivity index (χ4n) is 1.70. The Morgan fingerprint density at radius 2 is 1.89 bits per heavy atom. The maximum atomic E-state index is 12.2. The first kappa shape index (κ1) is 14.2. The largest absolute Gasteiger partial charge is 0.334 e. The Morgan fingerprint density at radius 1 is 1.21 bits per heavy atom. The highest BCUT2D eigenvalue weighted by Crippen LogP contribution is 2.26. The van der Waals surface area contributed by atoms with Gasteiger partial charge in [0, 0.05) is 20.3 Å². The molecule has 2 rings (SSSR count). The minimum absolute atomic E-state index is 0.275. The summed E-state index contributed by atoms with van der Waals surface area (Å²) in [6.07, 6.45) is 1.53.